The lowest BCUT2D eigenvalue weighted by Gasteiger charge is -2.11. The minimum Gasteiger partial charge on any atom is -0.357 e. The Morgan fingerprint density at radius 1 is 0.964 bits per heavy atom. The van der Waals surface area contributed by atoms with Gasteiger partial charge < -0.3 is 15.2 Å². The smallest absolute Gasteiger partial charge is 0.257 e. The molecule has 0 spiro atoms. The van der Waals surface area contributed by atoms with E-state index in [1.807, 2.05) is 37.3 Å². The molecule has 0 saturated heterocycles. The molecule has 6 nitrogen and oxygen atoms in total. The first-order chi connectivity index (χ1) is 13.8. The van der Waals surface area contributed by atoms with Crippen LogP contribution in [0.5, 0.6) is 0 Å². The Hall–Kier alpha value is -3.15. The minimum atomic E-state index is 0.573. The number of aromatic nitrogens is 2. The fourth-order valence-electron chi connectivity index (χ4n) is 2.75. The summed E-state index contributed by atoms with van der Waals surface area (Å²) in [6.07, 6.45) is 1.67. The van der Waals surface area contributed by atoms with Crippen LogP contribution in [0.4, 0.5) is 0 Å². The average molecular weight is 377 g/mol. The number of benzene rings is 2. The summed E-state index contributed by atoms with van der Waals surface area (Å²) in [5.74, 6) is 2.14. The van der Waals surface area contributed by atoms with E-state index >= 15 is 0 Å². The molecule has 1 aromatic heterocycles. The lowest BCUT2D eigenvalue weighted by atomic mass is 10.1. The van der Waals surface area contributed by atoms with Gasteiger partial charge in [0.15, 0.2) is 11.8 Å². The molecule has 0 saturated carbocycles. The van der Waals surface area contributed by atoms with E-state index in [-0.39, 0.29) is 0 Å². The van der Waals surface area contributed by atoms with E-state index < -0.39 is 0 Å². The number of hydrogen-bond acceptors (Lipinski definition) is 4. The second-order valence-electron chi connectivity index (χ2n) is 6.42. The summed E-state index contributed by atoms with van der Waals surface area (Å²) in [6.45, 7) is 6.38. The molecule has 0 aliphatic heterocycles. The Bertz CT molecular complexity index is 871. The maximum absolute atomic E-state index is 5.29. The van der Waals surface area contributed by atoms with Gasteiger partial charge in [0.1, 0.15) is 0 Å². The standard InChI is InChI=1S/C22H27N5O/c1-3-20-26-21(28-27-20)19-12-10-17(11-13-19)14-15-24-22(23-4-2)25-16-18-8-6-5-7-9-18/h5-13H,3-4,14-16H2,1-2H3,(H2,23,24,25). The van der Waals surface area contributed by atoms with Gasteiger partial charge in [0.05, 0.1) is 6.54 Å². The third-order valence-electron chi connectivity index (χ3n) is 4.30. The van der Waals surface area contributed by atoms with Gasteiger partial charge in [-0.25, -0.2) is 4.99 Å². The van der Waals surface area contributed by atoms with Crippen LogP contribution in [0.25, 0.3) is 11.5 Å². The molecule has 1 heterocycles. The average Bonchev–Trinajstić information content (AvgIpc) is 3.22. The van der Waals surface area contributed by atoms with Gasteiger partial charge in [-0.15, -0.1) is 0 Å². The molecule has 0 aliphatic rings. The van der Waals surface area contributed by atoms with Crippen LogP contribution in [0.1, 0.15) is 30.8 Å². The third-order valence-corrected chi connectivity index (χ3v) is 4.30. The molecule has 146 valence electrons. The van der Waals surface area contributed by atoms with Crippen molar-refractivity contribution in [2.24, 2.45) is 4.99 Å². The summed E-state index contributed by atoms with van der Waals surface area (Å²) >= 11 is 0. The molecule has 0 fully saturated rings. The number of guanidine groups is 1. The zero-order valence-corrected chi connectivity index (χ0v) is 16.5. The Morgan fingerprint density at radius 2 is 1.75 bits per heavy atom. The van der Waals surface area contributed by atoms with E-state index in [0.717, 1.165) is 43.3 Å². The van der Waals surface area contributed by atoms with E-state index in [1.165, 1.54) is 11.1 Å². The zero-order valence-electron chi connectivity index (χ0n) is 16.5. The second-order valence-corrected chi connectivity index (χ2v) is 6.42. The summed E-state index contributed by atoms with van der Waals surface area (Å²) in [4.78, 5) is 9.01. The van der Waals surface area contributed by atoms with Crippen LogP contribution in [0, 0.1) is 0 Å². The van der Waals surface area contributed by atoms with Crippen molar-refractivity contribution in [1.82, 2.24) is 20.8 Å². The first-order valence-electron chi connectivity index (χ1n) is 9.76. The van der Waals surface area contributed by atoms with Gasteiger partial charge >= 0.3 is 0 Å². The first-order valence-corrected chi connectivity index (χ1v) is 9.76. The highest BCUT2D eigenvalue weighted by Crippen LogP contribution is 2.18. The molecule has 0 radical (unpaired) electrons. The van der Waals surface area contributed by atoms with Gasteiger partial charge in [0.2, 0.25) is 0 Å². The van der Waals surface area contributed by atoms with Gasteiger partial charge in [-0.1, -0.05) is 54.5 Å². The van der Waals surface area contributed by atoms with Crippen LogP contribution in [-0.4, -0.2) is 29.2 Å². The number of nitrogens with one attached hydrogen (secondary N) is 2. The third kappa shape index (κ3) is 5.67. The lowest BCUT2D eigenvalue weighted by molar-refractivity contribution is 0.423. The quantitative estimate of drug-likeness (QED) is 0.463. The summed E-state index contributed by atoms with van der Waals surface area (Å²) in [6, 6.07) is 18.5. The van der Waals surface area contributed by atoms with E-state index in [4.69, 9.17) is 4.52 Å². The predicted octanol–water partition coefficient (Wildman–Crippen LogP) is 3.60. The highest BCUT2D eigenvalue weighted by molar-refractivity contribution is 5.79. The minimum absolute atomic E-state index is 0.573. The van der Waals surface area contributed by atoms with E-state index in [0.29, 0.717) is 12.4 Å². The van der Waals surface area contributed by atoms with Crippen molar-refractivity contribution in [2.75, 3.05) is 13.1 Å². The van der Waals surface area contributed by atoms with Gasteiger partial charge in [0, 0.05) is 25.1 Å². The van der Waals surface area contributed by atoms with Crippen molar-refractivity contribution in [3.8, 4) is 11.5 Å². The van der Waals surface area contributed by atoms with Crippen LogP contribution in [0.15, 0.2) is 64.1 Å². The SMILES string of the molecule is CCNC(=NCc1ccccc1)NCCc1ccc(-c2nc(CC)no2)cc1. The Labute approximate surface area is 166 Å². The molecule has 6 heteroatoms. The van der Waals surface area contributed by atoms with Crippen LogP contribution in [-0.2, 0) is 19.4 Å². The number of aliphatic imine (C=N–C) groups is 1. The van der Waals surface area contributed by atoms with Crippen LogP contribution < -0.4 is 10.6 Å². The number of rotatable bonds is 8. The van der Waals surface area contributed by atoms with Crippen LogP contribution in [0.3, 0.4) is 0 Å². The first kappa shape index (κ1) is 19.6. The number of nitrogens with zero attached hydrogens (tertiary/aromatic N) is 3. The number of hydrogen-bond donors (Lipinski definition) is 2. The van der Waals surface area contributed by atoms with Crippen molar-refractivity contribution in [3.05, 3.63) is 71.5 Å². The van der Waals surface area contributed by atoms with Crippen molar-refractivity contribution in [3.63, 3.8) is 0 Å². The molecule has 0 atom stereocenters. The Kier molecular flexibility index (Phi) is 7.18. The molecule has 3 rings (SSSR count). The highest BCUT2D eigenvalue weighted by Gasteiger charge is 2.07. The molecule has 0 unspecified atom stereocenters. The molecular formula is C22H27N5O. The lowest BCUT2D eigenvalue weighted by Crippen LogP contribution is -2.38. The van der Waals surface area contributed by atoms with Gasteiger partial charge in [-0.05, 0) is 36.6 Å². The Balaban J connectivity index is 1.52. The van der Waals surface area contributed by atoms with Crippen molar-refractivity contribution in [2.45, 2.75) is 33.2 Å². The zero-order chi connectivity index (χ0) is 19.6. The van der Waals surface area contributed by atoms with Crippen LogP contribution >= 0.6 is 0 Å². The maximum Gasteiger partial charge on any atom is 0.257 e. The largest absolute Gasteiger partial charge is 0.357 e. The molecule has 2 N–H and O–H groups in total. The van der Waals surface area contributed by atoms with Crippen LogP contribution in [0.2, 0.25) is 0 Å². The monoisotopic (exact) mass is 377 g/mol. The molecule has 0 aliphatic carbocycles. The van der Waals surface area contributed by atoms with Crippen molar-refractivity contribution < 1.29 is 4.52 Å². The van der Waals surface area contributed by atoms with Crippen molar-refractivity contribution in [1.29, 1.82) is 0 Å². The van der Waals surface area contributed by atoms with Gasteiger partial charge in [0.25, 0.3) is 5.89 Å². The van der Waals surface area contributed by atoms with E-state index in [9.17, 15) is 0 Å². The fourth-order valence-corrected chi connectivity index (χ4v) is 2.75. The predicted molar refractivity (Wildman–Crippen MR) is 112 cm³/mol. The number of aryl methyl sites for hydroxylation is 1. The maximum atomic E-state index is 5.29. The molecule has 3 aromatic rings. The molecular weight excluding hydrogens is 350 g/mol. The fraction of sp³-hybridized carbons (Fsp3) is 0.318. The normalized spacial score (nSPS) is 11.4. The van der Waals surface area contributed by atoms with E-state index in [1.54, 1.807) is 0 Å². The topological polar surface area (TPSA) is 75.3 Å². The summed E-state index contributed by atoms with van der Waals surface area (Å²) in [5, 5.41) is 10.6. The van der Waals surface area contributed by atoms with Crippen molar-refractivity contribution >= 4 is 5.96 Å². The van der Waals surface area contributed by atoms with Gasteiger partial charge in [-0.2, -0.15) is 4.98 Å². The summed E-state index contributed by atoms with van der Waals surface area (Å²) in [7, 11) is 0. The highest BCUT2D eigenvalue weighted by atomic mass is 16.5. The van der Waals surface area contributed by atoms with Gasteiger partial charge in [-0.3, -0.25) is 0 Å². The second kappa shape index (κ2) is 10.3. The molecule has 0 amide bonds. The molecule has 28 heavy (non-hydrogen) atoms. The molecule has 2 aromatic carbocycles. The summed E-state index contributed by atoms with van der Waals surface area (Å²) < 4.78 is 5.29. The van der Waals surface area contributed by atoms with E-state index in [2.05, 4.69) is 57.0 Å². The molecule has 0 bridgehead atoms. The Morgan fingerprint density at radius 3 is 2.43 bits per heavy atom. The summed E-state index contributed by atoms with van der Waals surface area (Å²) in [5.41, 5.74) is 3.38.